The highest BCUT2D eigenvalue weighted by atomic mass is 31.2. The molecule has 19 heavy (non-hydrogen) atoms. The Morgan fingerprint density at radius 3 is 2.89 bits per heavy atom. The van der Waals surface area contributed by atoms with Crippen molar-refractivity contribution in [2.24, 2.45) is 0 Å². The Kier molecular flexibility index (Phi) is 4.05. The van der Waals surface area contributed by atoms with Gasteiger partial charge in [-0.15, -0.1) is 0 Å². The van der Waals surface area contributed by atoms with Crippen molar-refractivity contribution < 1.29 is 19.1 Å². The fraction of sp³-hybridized carbons (Fsp3) is 0.600. The molecule has 4 N–H and O–H groups in total. The molecule has 0 saturated heterocycles. The maximum Gasteiger partial charge on any atom is 0.350 e. The van der Waals surface area contributed by atoms with Crippen LogP contribution in [0.25, 0.3) is 0 Å². The van der Waals surface area contributed by atoms with Crippen LogP contribution in [0.3, 0.4) is 0 Å². The number of hydrogen-bond acceptors (Lipinski definition) is 5. The molecule has 0 aliphatic heterocycles. The lowest BCUT2D eigenvalue weighted by Gasteiger charge is -2.15. The summed E-state index contributed by atoms with van der Waals surface area (Å²) < 4.78 is 17.4. The molecule has 8 nitrogen and oxygen atoms in total. The lowest BCUT2D eigenvalue weighted by molar-refractivity contribution is 0.0775. The zero-order chi connectivity index (χ0) is 14.0. The maximum atomic E-state index is 11.7. The summed E-state index contributed by atoms with van der Waals surface area (Å²) in [5, 5.41) is 0. The monoisotopic (exact) mass is 289 g/mol. The highest BCUT2D eigenvalue weighted by Crippen LogP contribution is 2.38. The second-order valence-corrected chi connectivity index (χ2v) is 6.18. The normalized spacial score (nSPS) is 23.7. The molecule has 0 amide bonds. The second-order valence-electron chi connectivity index (χ2n) is 4.59. The first-order valence-electron chi connectivity index (χ1n) is 5.86. The highest BCUT2D eigenvalue weighted by Gasteiger charge is 2.29. The van der Waals surface area contributed by atoms with Crippen molar-refractivity contribution in [3.63, 3.8) is 0 Å². The first-order valence-corrected chi connectivity index (χ1v) is 7.66. The van der Waals surface area contributed by atoms with E-state index in [1.165, 1.54) is 4.57 Å². The second kappa shape index (κ2) is 5.42. The van der Waals surface area contributed by atoms with Gasteiger partial charge in [0.2, 0.25) is 0 Å². The van der Waals surface area contributed by atoms with E-state index in [4.69, 9.17) is 20.3 Å². The van der Waals surface area contributed by atoms with Crippen LogP contribution >= 0.6 is 7.60 Å². The molecule has 0 spiro atoms. The average molecular weight is 289 g/mol. The minimum Gasteiger partial charge on any atom is -0.383 e. The standard InChI is InChI=1S/C10H16N3O5P/c11-9-3-4-13(10(14)12-9)7-1-2-8(5-7)18-6-19(15,16)17/h3-4,7-8H,1-2,5-6H2,(H2,11,12,14)(H2,15,16,17). The Morgan fingerprint density at radius 2 is 2.26 bits per heavy atom. The molecule has 0 bridgehead atoms. The van der Waals surface area contributed by atoms with Crippen LogP contribution < -0.4 is 11.4 Å². The molecule has 1 aliphatic carbocycles. The smallest absolute Gasteiger partial charge is 0.350 e. The zero-order valence-corrected chi connectivity index (χ0v) is 11.1. The first-order chi connectivity index (χ1) is 8.85. The van der Waals surface area contributed by atoms with Crippen LogP contribution in [-0.2, 0) is 9.30 Å². The van der Waals surface area contributed by atoms with E-state index in [2.05, 4.69) is 4.98 Å². The minimum absolute atomic E-state index is 0.0672. The van der Waals surface area contributed by atoms with Crippen LogP contribution in [-0.4, -0.2) is 31.8 Å². The van der Waals surface area contributed by atoms with Crippen LogP contribution in [0.5, 0.6) is 0 Å². The molecule has 9 heteroatoms. The molecule has 1 fully saturated rings. The van der Waals surface area contributed by atoms with E-state index < -0.39 is 19.6 Å². The molecule has 1 aromatic rings. The maximum absolute atomic E-state index is 11.7. The molecule has 2 rings (SSSR count). The van der Waals surface area contributed by atoms with E-state index in [1.807, 2.05) is 0 Å². The fourth-order valence-electron chi connectivity index (χ4n) is 2.23. The highest BCUT2D eigenvalue weighted by molar-refractivity contribution is 7.51. The minimum atomic E-state index is -4.15. The molecule has 2 atom stereocenters. The Balaban J connectivity index is 1.98. The number of nitrogens with two attached hydrogens (primary N) is 1. The van der Waals surface area contributed by atoms with Gasteiger partial charge in [0.1, 0.15) is 12.2 Å². The third-order valence-electron chi connectivity index (χ3n) is 3.08. The zero-order valence-electron chi connectivity index (χ0n) is 10.2. The molecule has 2 unspecified atom stereocenters. The number of ether oxygens (including phenoxy) is 1. The van der Waals surface area contributed by atoms with Crippen LogP contribution in [0.15, 0.2) is 17.1 Å². The molecule has 1 aromatic heterocycles. The van der Waals surface area contributed by atoms with Crippen LogP contribution in [0.1, 0.15) is 25.3 Å². The van der Waals surface area contributed by atoms with Gasteiger partial charge in [0, 0.05) is 12.2 Å². The first kappa shape index (κ1) is 14.2. The van der Waals surface area contributed by atoms with Gasteiger partial charge in [-0.1, -0.05) is 0 Å². The van der Waals surface area contributed by atoms with Gasteiger partial charge in [0.05, 0.1) is 6.10 Å². The topological polar surface area (TPSA) is 128 Å². The number of rotatable bonds is 4. The fourth-order valence-corrected chi connectivity index (χ4v) is 2.63. The van der Waals surface area contributed by atoms with Crippen molar-refractivity contribution in [3.8, 4) is 0 Å². The third kappa shape index (κ3) is 3.87. The van der Waals surface area contributed by atoms with E-state index in [9.17, 15) is 9.36 Å². The molecule has 1 heterocycles. The van der Waals surface area contributed by atoms with Gasteiger partial charge >= 0.3 is 13.3 Å². The molecule has 1 aliphatic rings. The molecular formula is C10H16N3O5P. The number of nitrogen functional groups attached to an aromatic ring is 1. The Morgan fingerprint density at radius 1 is 1.53 bits per heavy atom. The summed E-state index contributed by atoms with van der Waals surface area (Å²) in [6.07, 6.45) is 2.65. The van der Waals surface area contributed by atoms with Gasteiger partial charge in [-0.2, -0.15) is 4.98 Å². The SMILES string of the molecule is Nc1ccn(C2CCC(OCP(=O)(O)O)C2)c(=O)n1. The molecular weight excluding hydrogens is 273 g/mol. The molecule has 106 valence electrons. The Hall–Kier alpha value is -1.21. The van der Waals surface area contributed by atoms with Gasteiger partial charge in [0.15, 0.2) is 0 Å². The van der Waals surface area contributed by atoms with Gasteiger partial charge in [-0.05, 0) is 25.3 Å². The van der Waals surface area contributed by atoms with Crippen molar-refractivity contribution in [2.45, 2.75) is 31.4 Å². The average Bonchev–Trinajstić information content (AvgIpc) is 2.74. The summed E-state index contributed by atoms with van der Waals surface area (Å²) in [5.74, 6) is 0.175. The third-order valence-corrected chi connectivity index (χ3v) is 3.57. The summed E-state index contributed by atoms with van der Waals surface area (Å²) in [6, 6.07) is 1.48. The van der Waals surface area contributed by atoms with E-state index in [0.29, 0.717) is 19.3 Å². The summed E-state index contributed by atoms with van der Waals surface area (Å²) in [5.41, 5.74) is 5.00. The van der Waals surface area contributed by atoms with E-state index in [1.54, 1.807) is 12.3 Å². The number of aromatic nitrogens is 2. The lowest BCUT2D eigenvalue weighted by atomic mass is 10.2. The predicted octanol–water partition coefficient (Wildman–Crippen LogP) is 0.0709. The van der Waals surface area contributed by atoms with Crippen molar-refractivity contribution in [3.05, 3.63) is 22.7 Å². The Labute approximate surface area is 109 Å². The van der Waals surface area contributed by atoms with E-state index in [0.717, 1.165) is 0 Å². The number of anilines is 1. The predicted molar refractivity (Wildman–Crippen MR) is 67.6 cm³/mol. The van der Waals surface area contributed by atoms with Crippen LogP contribution in [0, 0.1) is 0 Å². The number of nitrogens with zero attached hydrogens (tertiary/aromatic N) is 2. The van der Waals surface area contributed by atoms with Crippen molar-refractivity contribution in [1.29, 1.82) is 0 Å². The number of hydrogen-bond donors (Lipinski definition) is 3. The lowest BCUT2D eigenvalue weighted by Crippen LogP contribution is -2.26. The van der Waals surface area contributed by atoms with Crippen molar-refractivity contribution >= 4 is 13.4 Å². The molecule has 0 aromatic carbocycles. The Bertz CT molecular complexity index is 554. The van der Waals surface area contributed by atoms with Crippen molar-refractivity contribution in [2.75, 3.05) is 12.1 Å². The van der Waals surface area contributed by atoms with E-state index >= 15 is 0 Å². The largest absolute Gasteiger partial charge is 0.383 e. The van der Waals surface area contributed by atoms with Crippen molar-refractivity contribution in [1.82, 2.24) is 9.55 Å². The van der Waals surface area contributed by atoms with Gasteiger partial charge in [-0.3, -0.25) is 9.13 Å². The van der Waals surface area contributed by atoms with Crippen LogP contribution in [0.2, 0.25) is 0 Å². The summed E-state index contributed by atoms with van der Waals surface area (Å²) in [6.45, 7) is 0. The summed E-state index contributed by atoms with van der Waals surface area (Å²) >= 11 is 0. The summed E-state index contributed by atoms with van der Waals surface area (Å²) in [7, 11) is -4.15. The summed E-state index contributed by atoms with van der Waals surface area (Å²) in [4.78, 5) is 32.8. The van der Waals surface area contributed by atoms with E-state index in [-0.39, 0.29) is 18.0 Å². The van der Waals surface area contributed by atoms with Gasteiger partial charge in [-0.25, -0.2) is 4.79 Å². The van der Waals surface area contributed by atoms with Gasteiger partial charge in [0.25, 0.3) is 0 Å². The molecule has 0 radical (unpaired) electrons. The van der Waals surface area contributed by atoms with Crippen LogP contribution in [0.4, 0.5) is 5.82 Å². The quantitative estimate of drug-likeness (QED) is 0.669. The van der Waals surface area contributed by atoms with Gasteiger partial charge < -0.3 is 20.3 Å². The molecule has 1 saturated carbocycles.